The van der Waals surface area contributed by atoms with E-state index >= 15 is 0 Å². The van der Waals surface area contributed by atoms with Gasteiger partial charge in [0.25, 0.3) is 0 Å². The fourth-order valence-corrected chi connectivity index (χ4v) is 2.05. The predicted octanol–water partition coefficient (Wildman–Crippen LogP) is 1.91. The van der Waals surface area contributed by atoms with Gasteiger partial charge in [0, 0.05) is 13.1 Å². The molecular formula is C16H26N2O2. The Balaban J connectivity index is 2.08. The molecule has 112 valence electrons. The molecule has 1 unspecified atom stereocenters. The third-order valence-electron chi connectivity index (χ3n) is 3.24. The average Bonchev–Trinajstić information content (AvgIpc) is 2.46. The summed E-state index contributed by atoms with van der Waals surface area (Å²) in [5, 5.41) is 3.29. The van der Waals surface area contributed by atoms with Gasteiger partial charge >= 0.3 is 5.97 Å². The van der Waals surface area contributed by atoms with Crippen molar-refractivity contribution < 1.29 is 9.53 Å². The van der Waals surface area contributed by atoms with E-state index in [-0.39, 0.29) is 11.9 Å². The monoisotopic (exact) mass is 278 g/mol. The third-order valence-corrected chi connectivity index (χ3v) is 3.24. The fourth-order valence-electron chi connectivity index (χ4n) is 2.05. The zero-order chi connectivity index (χ0) is 14.8. The standard InChI is InChI=1S/C16H26N2O2/c1-14(16(19)20-3)12-17-10-7-11-18(2)13-15-8-5-4-6-9-15/h4-6,8-9,14,17H,7,10-13H2,1-3H3. The highest BCUT2D eigenvalue weighted by molar-refractivity contribution is 5.71. The van der Waals surface area contributed by atoms with Gasteiger partial charge in [-0.25, -0.2) is 0 Å². The van der Waals surface area contributed by atoms with E-state index in [4.69, 9.17) is 0 Å². The van der Waals surface area contributed by atoms with Crippen LogP contribution >= 0.6 is 0 Å². The Morgan fingerprint density at radius 2 is 2.05 bits per heavy atom. The molecule has 4 nitrogen and oxygen atoms in total. The molecule has 1 N–H and O–H groups in total. The molecule has 1 aromatic rings. The number of esters is 1. The molecule has 0 saturated heterocycles. The highest BCUT2D eigenvalue weighted by atomic mass is 16.5. The molecule has 1 rings (SSSR count). The van der Waals surface area contributed by atoms with E-state index in [1.54, 1.807) is 0 Å². The van der Waals surface area contributed by atoms with Gasteiger partial charge in [0.1, 0.15) is 0 Å². The molecule has 0 aliphatic heterocycles. The molecule has 0 spiro atoms. The summed E-state index contributed by atoms with van der Waals surface area (Å²) in [5.41, 5.74) is 1.34. The van der Waals surface area contributed by atoms with Gasteiger partial charge in [0.15, 0.2) is 0 Å². The van der Waals surface area contributed by atoms with Crippen LogP contribution in [0.1, 0.15) is 18.9 Å². The second-order valence-electron chi connectivity index (χ2n) is 5.21. The number of carbonyl (C=O) groups is 1. The Hall–Kier alpha value is -1.39. The zero-order valence-electron chi connectivity index (χ0n) is 12.8. The average molecular weight is 278 g/mol. The Bertz CT molecular complexity index is 381. The predicted molar refractivity (Wildman–Crippen MR) is 81.4 cm³/mol. The van der Waals surface area contributed by atoms with E-state index in [1.807, 2.05) is 13.0 Å². The van der Waals surface area contributed by atoms with Crippen molar-refractivity contribution in [3.63, 3.8) is 0 Å². The van der Waals surface area contributed by atoms with Gasteiger partial charge in [0.05, 0.1) is 13.0 Å². The van der Waals surface area contributed by atoms with Gasteiger partial charge in [-0.3, -0.25) is 4.79 Å². The molecule has 0 aliphatic carbocycles. The summed E-state index contributed by atoms with van der Waals surface area (Å²) >= 11 is 0. The van der Waals surface area contributed by atoms with Crippen LogP contribution in [-0.2, 0) is 16.1 Å². The quantitative estimate of drug-likeness (QED) is 0.553. The van der Waals surface area contributed by atoms with Crippen molar-refractivity contribution in [2.45, 2.75) is 19.9 Å². The second kappa shape index (κ2) is 9.50. The molecule has 20 heavy (non-hydrogen) atoms. The summed E-state index contributed by atoms with van der Waals surface area (Å²) < 4.78 is 4.69. The van der Waals surface area contributed by atoms with Crippen LogP contribution in [0.2, 0.25) is 0 Å². The van der Waals surface area contributed by atoms with Crippen molar-refractivity contribution in [2.75, 3.05) is 33.8 Å². The minimum absolute atomic E-state index is 0.0814. The smallest absolute Gasteiger partial charge is 0.309 e. The largest absolute Gasteiger partial charge is 0.469 e. The molecule has 1 atom stereocenters. The first-order valence-electron chi connectivity index (χ1n) is 7.14. The van der Waals surface area contributed by atoms with Gasteiger partial charge in [-0.2, -0.15) is 0 Å². The summed E-state index contributed by atoms with van der Waals surface area (Å²) in [5.74, 6) is -0.235. The van der Waals surface area contributed by atoms with Crippen LogP contribution in [0.4, 0.5) is 0 Å². The summed E-state index contributed by atoms with van der Waals surface area (Å²) in [6.45, 7) is 5.48. The minimum Gasteiger partial charge on any atom is -0.469 e. The fraction of sp³-hybridized carbons (Fsp3) is 0.562. The van der Waals surface area contributed by atoms with Gasteiger partial charge in [-0.15, -0.1) is 0 Å². The van der Waals surface area contributed by atoms with Crippen LogP contribution < -0.4 is 5.32 Å². The number of hydrogen-bond donors (Lipinski definition) is 1. The van der Waals surface area contributed by atoms with E-state index in [9.17, 15) is 4.79 Å². The number of nitrogens with one attached hydrogen (secondary N) is 1. The first-order valence-corrected chi connectivity index (χ1v) is 7.14. The number of methoxy groups -OCH3 is 1. The number of ether oxygens (including phenoxy) is 1. The molecule has 4 heteroatoms. The highest BCUT2D eigenvalue weighted by Crippen LogP contribution is 2.02. The molecular weight excluding hydrogens is 252 g/mol. The number of benzene rings is 1. The highest BCUT2D eigenvalue weighted by Gasteiger charge is 2.11. The second-order valence-corrected chi connectivity index (χ2v) is 5.21. The van der Waals surface area contributed by atoms with Crippen LogP contribution in [0.25, 0.3) is 0 Å². The van der Waals surface area contributed by atoms with Gasteiger partial charge in [-0.05, 0) is 32.1 Å². The molecule has 0 saturated carbocycles. The molecule has 0 heterocycles. The van der Waals surface area contributed by atoms with Crippen LogP contribution in [-0.4, -0.2) is 44.7 Å². The Kier molecular flexibility index (Phi) is 7.92. The van der Waals surface area contributed by atoms with E-state index < -0.39 is 0 Å². The van der Waals surface area contributed by atoms with E-state index in [2.05, 4.69) is 46.3 Å². The summed E-state index contributed by atoms with van der Waals surface area (Å²) in [4.78, 5) is 13.5. The van der Waals surface area contributed by atoms with Crippen molar-refractivity contribution in [2.24, 2.45) is 5.92 Å². The lowest BCUT2D eigenvalue weighted by molar-refractivity contribution is -0.144. The maximum atomic E-state index is 11.2. The number of nitrogens with zero attached hydrogens (tertiary/aromatic N) is 1. The lowest BCUT2D eigenvalue weighted by atomic mass is 10.2. The van der Waals surface area contributed by atoms with Crippen molar-refractivity contribution in [3.05, 3.63) is 35.9 Å². The van der Waals surface area contributed by atoms with Gasteiger partial charge in [-0.1, -0.05) is 37.3 Å². The van der Waals surface area contributed by atoms with E-state index in [0.717, 1.165) is 26.1 Å². The third kappa shape index (κ3) is 6.68. The minimum atomic E-state index is -0.154. The van der Waals surface area contributed by atoms with Crippen molar-refractivity contribution in [3.8, 4) is 0 Å². The topological polar surface area (TPSA) is 41.6 Å². The van der Waals surface area contributed by atoms with E-state index in [1.165, 1.54) is 12.7 Å². The van der Waals surface area contributed by atoms with E-state index in [0.29, 0.717) is 6.54 Å². The number of rotatable bonds is 9. The molecule has 0 bridgehead atoms. The Morgan fingerprint density at radius 3 is 2.70 bits per heavy atom. The number of hydrogen-bond acceptors (Lipinski definition) is 4. The first kappa shape index (κ1) is 16.7. The number of carbonyl (C=O) groups excluding carboxylic acids is 1. The van der Waals surface area contributed by atoms with Gasteiger partial charge < -0.3 is 15.0 Å². The normalized spacial score (nSPS) is 12.4. The Labute approximate surface area is 122 Å². The lowest BCUT2D eigenvalue weighted by Gasteiger charge is -2.17. The van der Waals surface area contributed by atoms with Crippen LogP contribution in [0.3, 0.4) is 0 Å². The summed E-state index contributed by atoms with van der Waals surface area (Å²) in [7, 11) is 3.56. The molecule has 0 amide bonds. The van der Waals surface area contributed by atoms with Crippen molar-refractivity contribution in [1.29, 1.82) is 0 Å². The molecule has 0 aliphatic rings. The molecule has 1 aromatic carbocycles. The molecule has 0 aromatic heterocycles. The lowest BCUT2D eigenvalue weighted by Crippen LogP contribution is -2.30. The maximum absolute atomic E-state index is 11.2. The molecule has 0 fully saturated rings. The first-order chi connectivity index (χ1) is 9.63. The molecule has 0 radical (unpaired) electrons. The van der Waals surface area contributed by atoms with Crippen molar-refractivity contribution >= 4 is 5.97 Å². The van der Waals surface area contributed by atoms with Crippen LogP contribution in [0.5, 0.6) is 0 Å². The zero-order valence-corrected chi connectivity index (χ0v) is 12.8. The Morgan fingerprint density at radius 1 is 1.35 bits per heavy atom. The maximum Gasteiger partial charge on any atom is 0.309 e. The van der Waals surface area contributed by atoms with Crippen LogP contribution in [0.15, 0.2) is 30.3 Å². The van der Waals surface area contributed by atoms with Crippen molar-refractivity contribution in [1.82, 2.24) is 10.2 Å². The van der Waals surface area contributed by atoms with Crippen LogP contribution in [0, 0.1) is 5.92 Å². The summed E-state index contributed by atoms with van der Waals surface area (Å²) in [6, 6.07) is 10.5. The summed E-state index contributed by atoms with van der Waals surface area (Å²) in [6.07, 6.45) is 1.07. The SMILES string of the molecule is COC(=O)C(C)CNCCCN(C)Cc1ccccc1. The van der Waals surface area contributed by atoms with Gasteiger partial charge in [0.2, 0.25) is 0 Å².